The second-order valence-electron chi connectivity index (χ2n) is 4.21. The van der Waals surface area contributed by atoms with Crippen LogP contribution in [0.25, 0.3) is 0 Å². The number of hydrogen-bond donors (Lipinski definition) is 0. The topological polar surface area (TPSA) is 17.8 Å². The van der Waals surface area contributed by atoms with E-state index < -0.39 is 6.43 Å². The maximum atomic E-state index is 12.6. The standard InChI is InChI=1S/C10H14F2N2/c1-7(2)10(3-4-10)14-6-5-13-9(14)8(11)12/h5-8H,3-4H2,1-2H3. The first-order chi connectivity index (χ1) is 6.58. The third-order valence-electron chi connectivity index (χ3n) is 3.18. The average molecular weight is 200 g/mol. The maximum absolute atomic E-state index is 12.6. The molecule has 78 valence electrons. The van der Waals surface area contributed by atoms with Crippen LogP contribution in [0.3, 0.4) is 0 Å². The Balaban J connectivity index is 2.37. The van der Waals surface area contributed by atoms with Gasteiger partial charge in [-0.25, -0.2) is 13.8 Å². The van der Waals surface area contributed by atoms with Crippen molar-refractivity contribution in [3.63, 3.8) is 0 Å². The molecule has 0 saturated heterocycles. The van der Waals surface area contributed by atoms with Crippen LogP contribution in [-0.4, -0.2) is 9.55 Å². The molecular formula is C10H14F2N2. The molecule has 1 aliphatic rings. The zero-order chi connectivity index (χ0) is 10.3. The second-order valence-corrected chi connectivity index (χ2v) is 4.21. The van der Waals surface area contributed by atoms with E-state index in [2.05, 4.69) is 18.8 Å². The largest absolute Gasteiger partial charge is 0.324 e. The van der Waals surface area contributed by atoms with E-state index >= 15 is 0 Å². The van der Waals surface area contributed by atoms with Crippen molar-refractivity contribution >= 4 is 0 Å². The third kappa shape index (κ3) is 1.24. The second kappa shape index (κ2) is 3.04. The smallest absolute Gasteiger partial charge is 0.295 e. The van der Waals surface area contributed by atoms with Crippen molar-refractivity contribution in [2.75, 3.05) is 0 Å². The van der Waals surface area contributed by atoms with E-state index in [1.54, 1.807) is 10.8 Å². The molecule has 0 radical (unpaired) electrons. The quantitative estimate of drug-likeness (QED) is 0.733. The highest BCUT2D eigenvalue weighted by Crippen LogP contribution is 2.50. The highest BCUT2D eigenvalue weighted by molar-refractivity contribution is 5.10. The Bertz CT molecular complexity index is 327. The number of nitrogens with zero attached hydrogens (tertiary/aromatic N) is 2. The van der Waals surface area contributed by atoms with E-state index in [1.807, 2.05) is 0 Å². The Hall–Kier alpha value is -0.930. The first kappa shape index (κ1) is 9.62. The van der Waals surface area contributed by atoms with Gasteiger partial charge < -0.3 is 4.57 Å². The number of hydrogen-bond acceptors (Lipinski definition) is 1. The predicted octanol–water partition coefficient (Wildman–Crippen LogP) is 2.97. The molecule has 0 amide bonds. The molecule has 0 aliphatic heterocycles. The van der Waals surface area contributed by atoms with Crippen molar-refractivity contribution < 1.29 is 8.78 Å². The lowest BCUT2D eigenvalue weighted by Crippen LogP contribution is -2.25. The van der Waals surface area contributed by atoms with E-state index in [1.165, 1.54) is 6.20 Å². The maximum Gasteiger partial charge on any atom is 0.295 e. The molecule has 1 aliphatic carbocycles. The van der Waals surface area contributed by atoms with Gasteiger partial charge in [-0.15, -0.1) is 0 Å². The van der Waals surface area contributed by atoms with Crippen molar-refractivity contribution in [1.82, 2.24) is 9.55 Å². The molecule has 0 atom stereocenters. The summed E-state index contributed by atoms with van der Waals surface area (Å²) in [5.74, 6) is 0.297. The minimum absolute atomic E-state index is 0.0811. The van der Waals surface area contributed by atoms with Gasteiger partial charge in [0.05, 0.1) is 0 Å². The van der Waals surface area contributed by atoms with Gasteiger partial charge >= 0.3 is 0 Å². The summed E-state index contributed by atoms with van der Waals surface area (Å²) in [6.07, 6.45) is 2.64. The van der Waals surface area contributed by atoms with Crippen molar-refractivity contribution in [3.8, 4) is 0 Å². The fourth-order valence-electron chi connectivity index (χ4n) is 2.08. The van der Waals surface area contributed by atoms with Crippen LogP contribution in [0.5, 0.6) is 0 Å². The lowest BCUT2D eigenvalue weighted by atomic mass is 10.0. The Morgan fingerprint density at radius 3 is 2.50 bits per heavy atom. The first-order valence-corrected chi connectivity index (χ1v) is 4.90. The van der Waals surface area contributed by atoms with Gasteiger partial charge in [-0.3, -0.25) is 0 Å². The van der Waals surface area contributed by atoms with E-state index in [0.29, 0.717) is 5.92 Å². The van der Waals surface area contributed by atoms with Crippen molar-refractivity contribution in [2.24, 2.45) is 5.92 Å². The van der Waals surface area contributed by atoms with Crippen LogP contribution in [0.15, 0.2) is 12.4 Å². The van der Waals surface area contributed by atoms with Crippen molar-refractivity contribution in [1.29, 1.82) is 0 Å². The highest BCUT2D eigenvalue weighted by atomic mass is 19.3. The fraction of sp³-hybridized carbons (Fsp3) is 0.700. The fourth-order valence-corrected chi connectivity index (χ4v) is 2.08. The molecule has 0 aromatic carbocycles. The highest BCUT2D eigenvalue weighted by Gasteiger charge is 2.48. The number of aromatic nitrogens is 2. The summed E-state index contributed by atoms with van der Waals surface area (Å²) >= 11 is 0. The Kier molecular flexibility index (Phi) is 2.09. The summed E-state index contributed by atoms with van der Waals surface area (Å²) in [6, 6.07) is 0. The summed E-state index contributed by atoms with van der Waals surface area (Å²) < 4.78 is 26.9. The monoisotopic (exact) mass is 200 g/mol. The van der Waals surface area contributed by atoms with Gasteiger partial charge in [-0.1, -0.05) is 13.8 Å². The number of imidazole rings is 1. The molecule has 0 unspecified atom stereocenters. The average Bonchev–Trinajstić information content (AvgIpc) is 2.77. The van der Waals surface area contributed by atoms with E-state index in [4.69, 9.17) is 0 Å². The summed E-state index contributed by atoms with van der Waals surface area (Å²) in [5, 5.41) is 0. The molecule has 4 heteroatoms. The molecule has 0 bridgehead atoms. The van der Waals surface area contributed by atoms with E-state index in [9.17, 15) is 8.78 Å². The summed E-state index contributed by atoms with van der Waals surface area (Å²) in [5.41, 5.74) is -0.0811. The van der Waals surface area contributed by atoms with Crippen LogP contribution in [-0.2, 0) is 5.54 Å². The van der Waals surface area contributed by atoms with Crippen LogP contribution < -0.4 is 0 Å². The zero-order valence-corrected chi connectivity index (χ0v) is 8.37. The first-order valence-electron chi connectivity index (χ1n) is 4.90. The molecule has 14 heavy (non-hydrogen) atoms. The molecule has 0 spiro atoms. The van der Waals surface area contributed by atoms with Gasteiger partial charge in [0.2, 0.25) is 0 Å². The summed E-state index contributed by atoms with van der Waals surface area (Å²) in [7, 11) is 0. The molecule has 1 aromatic heterocycles. The third-order valence-corrected chi connectivity index (χ3v) is 3.18. The number of rotatable bonds is 3. The van der Waals surface area contributed by atoms with Gasteiger partial charge in [-0.2, -0.15) is 0 Å². The lowest BCUT2D eigenvalue weighted by Gasteiger charge is -2.23. The summed E-state index contributed by atoms with van der Waals surface area (Å²) in [6.45, 7) is 4.14. The van der Waals surface area contributed by atoms with E-state index in [-0.39, 0.29) is 11.4 Å². The Morgan fingerprint density at radius 1 is 1.43 bits per heavy atom. The van der Waals surface area contributed by atoms with Crippen LogP contribution in [0.2, 0.25) is 0 Å². The molecule has 1 aromatic rings. The molecule has 2 rings (SSSR count). The normalized spacial score (nSPS) is 19.3. The number of alkyl halides is 2. The van der Waals surface area contributed by atoms with Crippen LogP contribution in [0.4, 0.5) is 8.78 Å². The van der Waals surface area contributed by atoms with Gasteiger partial charge in [0, 0.05) is 17.9 Å². The zero-order valence-electron chi connectivity index (χ0n) is 8.37. The van der Waals surface area contributed by atoms with Crippen molar-refractivity contribution in [2.45, 2.75) is 38.7 Å². The van der Waals surface area contributed by atoms with Gasteiger partial charge in [0.15, 0.2) is 5.82 Å². The lowest BCUT2D eigenvalue weighted by molar-refractivity contribution is 0.128. The van der Waals surface area contributed by atoms with E-state index in [0.717, 1.165) is 12.8 Å². The molecule has 1 saturated carbocycles. The Labute approximate surface area is 82.0 Å². The summed E-state index contributed by atoms with van der Waals surface area (Å²) in [4.78, 5) is 3.72. The molecule has 0 N–H and O–H groups in total. The SMILES string of the molecule is CC(C)C1(n2ccnc2C(F)F)CC1. The Morgan fingerprint density at radius 2 is 2.07 bits per heavy atom. The minimum atomic E-state index is -2.47. The van der Waals surface area contributed by atoms with Gasteiger partial charge in [0.25, 0.3) is 6.43 Å². The molecular weight excluding hydrogens is 186 g/mol. The van der Waals surface area contributed by atoms with Gasteiger partial charge in [0.1, 0.15) is 0 Å². The van der Waals surface area contributed by atoms with Crippen LogP contribution >= 0.6 is 0 Å². The van der Waals surface area contributed by atoms with Crippen LogP contribution in [0, 0.1) is 5.92 Å². The predicted molar refractivity (Wildman–Crippen MR) is 49.2 cm³/mol. The van der Waals surface area contributed by atoms with Gasteiger partial charge in [-0.05, 0) is 18.8 Å². The van der Waals surface area contributed by atoms with Crippen LogP contribution in [0.1, 0.15) is 38.9 Å². The molecule has 1 heterocycles. The van der Waals surface area contributed by atoms with Crippen molar-refractivity contribution in [3.05, 3.63) is 18.2 Å². The number of halogens is 2. The minimum Gasteiger partial charge on any atom is -0.324 e. The molecule has 1 fully saturated rings. The molecule has 2 nitrogen and oxygen atoms in total.